The van der Waals surface area contributed by atoms with Gasteiger partial charge in [0.2, 0.25) is 0 Å². The zero-order chi connectivity index (χ0) is 15.4. The zero-order valence-corrected chi connectivity index (χ0v) is 13.9. The van der Waals surface area contributed by atoms with Crippen LogP contribution in [-0.2, 0) is 4.74 Å². The SMILES string of the molecule is COc1cc([C@@H](C2CCOCC2)N2CCNCC2)ccc1Cl. The molecule has 0 saturated carbocycles. The first-order valence-corrected chi connectivity index (χ1v) is 8.53. The average molecular weight is 325 g/mol. The predicted molar refractivity (Wildman–Crippen MR) is 88.7 cm³/mol. The van der Waals surface area contributed by atoms with Gasteiger partial charge < -0.3 is 14.8 Å². The number of ether oxygens (including phenoxy) is 2. The predicted octanol–water partition coefficient (Wildman–Crippen LogP) is 2.72. The van der Waals surface area contributed by atoms with Gasteiger partial charge in [-0.1, -0.05) is 17.7 Å². The molecule has 2 saturated heterocycles. The smallest absolute Gasteiger partial charge is 0.137 e. The van der Waals surface area contributed by atoms with Crippen LogP contribution in [0.1, 0.15) is 24.4 Å². The highest BCUT2D eigenvalue weighted by atomic mass is 35.5. The maximum absolute atomic E-state index is 6.20. The third-order valence-corrected chi connectivity index (χ3v) is 5.09. The maximum Gasteiger partial charge on any atom is 0.137 e. The number of nitrogens with zero attached hydrogens (tertiary/aromatic N) is 1. The van der Waals surface area contributed by atoms with E-state index >= 15 is 0 Å². The van der Waals surface area contributed by atoms with Crippen LogP contribution in [0.5, 0.6) is 5.75 Å². The van der Waals surface area contributed by atoms with Crippen LogP contribution in [0.25, 0.3) is 0 Å². The summed E-state index contributed by atoms with van der Waals surface area (Å²) in [6.07, 6.45) is 2.25. The van der Waals surface area contributed by atoms with Gasteiger partial charge in [0, 0.05) is 45.4 Å². The highest BCUT2D eigenvalue weighted by Crippen LogP contribution is 2.38. The molecule has 2 fully saturated rings. The first kappa shape index (κ1) is 16.1. The molecular formula is C17H25ClN2O2. The Bertz CT molecular complexity index is 468. The molecule has 3 rings (SSSR count). The van der Waals surface area contributed by atoms with E-state index in [2.05, 4.69) is 22.3 Å². The number of halogens is 1. The van der Waals surface area contributed by atoms with Gasteiger partial charge in [0.15, 0.2) is 0 Å². The largest absolute Gasteiger partial charge is 0.495 e. The van der Waals surface area contributed by atoms with E-state index in [1.165, 1.54) is 5.56 Å². The number of nitrogens with one attached hydrogen (secondary N) is 1. The van der Waals surface area contributed by atoms with Gasteiger partial charge >= 0.3 is 0 Å². The second-order valence-electron chi connectivity index (χ2n) is 6.07. The van der Waals surface area contributed by atoms with Crippen molar-refractivity contribution in [3.8, 4) is 5.75 Å². The number of hydrogen-bond acceptors (Lipinski definition) is 4. The van der Waals surface area contributed by atoms with E-state index in [1.807, 2.05) is 6.07 Å². The summed E-state index contributed by atoms with van der Waals surface area (Å²) >= 11 is 6.20. The van der Waals surface area contributed by atoms with Crippen molar-refractivity contribution in [2.45, 2.75) is 18.9 Å². The van der Waals surface area contributed by atoms with Gasteiger partial charge in [-0.05, 0) is 36.5 Å². The van der Waals surface area contributed by atoms with E-state index in [0.717, 1.165) is 58.0 Å². The van der Waals surface area contributed by atoms with Crippen LogP contribution in [0.2, 0.25) is 5.02 Å². The van der Waals surface area contributed by atoms with Crippen LogP contribution in [0.15, 0.2) is 18.2 Å². The minimum Gasteiger partial charge on any atom is -0.495 e. The summed E-state index contributed by atoms with van der Waals surface area (Å²) in [7, 11) is 1.68. The molecule has 0 aromatic heterocycles. The van der Waals surface area contributed by atoms with Crippen molar-refractivity contribution in [3.05, 3.63) is 28.8 Å². The lowest BCUT2D eigenvalue weighted by molar-refractivity contribution is 0.0212. The first-order valence-electron chi connectivity index (χ1n) is 8.15. The zero-order valence-electron chi connectivity index (χ0n) is 13.2. The van der Waals surface area contributed by atoms with Gasteiger partial charge in [0.1, 0.15) is 5.75 Å². The Morgan fingerprint density at radius 1 is 1.27 bits per heavy atom. The van der Waals surface area contributed by atoms with Crippen LogP contribution >= 0.6 is 11.6 Å². The molecule has 1 aromatic carbocycles. The van der Waals surface area contributed by atoms with Gasteiger partial charge in [-0.3, -0.25) is 4.90 Å². The Labute approximate surface area is 137 Å². The quantitative estimate of drug-likeness (QED) is 0.923. The van der Waals surface area contributed by atoms with Crippen LogP contribution in [0.4, 0.5) is 0 Å². The van der Waals surface area contributed by atoms with E-state index in [-0.39, 0.29) is 0 Å². The molecule has 0 unspecified atom stereocenters. The molecule has 0 bridgehead atoms. The fourth-order valence-corrected chi connectivity index (χ4v) is 3.83. The fourth-order valence-electron chi connectivity index (χ4n) is 3.63. The van der Waals surface area contributed by atoms with Crippen molar-refractivity contribution in [2.24, 2.45) is 5.92 Å². The Kier molecular flexibility index (Phi) is 5.58. The molecule has 2 aliphatic heterocycles. The molecule has 0 radical (unpaired) electrons. The van der Waals surface area contributed by atoms with Crippen molar-refractivity contribution < 1.29 is 9.47 Å². The van der Waals surface area contributed by atoms with Crippen LogP contribution in [0, 0.1) is 5.92 Å². The van der Waals surface area contributed by atoms with Gasteiger partial charge in [-0.15, -0.1) is 0 Å². The topological polar surface area (TPSA) is 33.7 Å². The summed E-state index contributed by atoms with van der Waals surface area (Å²) in [5.41, 5.74) is 1.31. The lowest BCUT2D eigenvalue weighted by atomic mass is 9.85. The Morgan fingerprint density at radius 2 is 2.00 bits per heavy atom. The van der Waals surface area contributed by atoms with Crippen molar-refractivity contribution in [2.75, 3.05) is 46.5 Å². The monoisotopic (exact) mass is 324 g/mol. The molecule has 0 spiro atoms. The molecule has 122 valence electrons. The van der Waals surface area contributed by atoms with Gasteiger partial charge in [-0.2, -0.15) is 0 Å². The maximum atomic E-state index is 6.20. The van der Waals surface area contributed by atoms with Crippen LogP contribution in [0.3, 0.4) is 0 Å². The lowest BCUT2D eigenvalue weighted by Crippen LogP contribution is -2.47. The third-order valence-electron chi connectivity index (χ3n) is 4.77. The summed E-state index contributed by atoms with van der Waals surface area (Å²) in [6, 6.07) is 6.67. The summed E-state index contributed by atoms with van der Waals surface area (Å²) in [5.74, 6) is 1.41. The summed E-state index contributed by atoms with van der Waals surface area (Å²) in [6.45, 7) is 6.05. The van der Waals surface area contributed by atoms with Gasteiger partial charge in [0.25, 0.3) is 0 Å². The van der Waals surface area contributed by atoms with Crippen LogP contribution in [-0.4, -0.2) is 51.4 Å². The Morgan fingerprint density at radius 3 is 2.68 bits per heavy atom. The third kappa shape index (κ3) is 3.57. The minimum atomic E-state index is 0.428. The molecule has 1 aromatic rings. The summed E-state index contributed by atoms with van der Waals surface area (Å²) < 4.78 is 11.0. The first-order chi connectivity index (χ1) is 10.8. The van der Waals surface area contributed by atoms with Crippen molar-refractivity contribution in [1.82, 2.24) is 10.2 Å². The number of benzene rings is 1. The molecule has 0 aliphatic carbocycles. The van der Waals surface area contributed by atoms with E-state index in [9.17, 15) is 0 Å². The molecular weight excluding hydrogens is 300 g/mol. The molecule has 1 atom stereocenters. The van der Waals surface area contributed by atoms with Gasteiger partial charge in [-0.25, -0.2) is 0 Å². The molecule has 2 aliphatic rings. The summed E-state index contributed by atoms with van der Waals surface area (Å²) in [5, 5.41) is 4.12. The number of rotatable bonds is 4. The fraction of sp³-hybridized carbons (Fsp3) is 0.647. The molecule has 2 heterocycles. The standard InChI is InChI=1S/C17H25ClN2O2/c1-21-16-12-14(2-3-15(16)18)17(13-4-10-22-11-5-13)20-8-6-19-7-9-20/h2-3,12-13,17,19H,4-11H2,1H3/t17-/m1/s1. The average Bonchev–Trinajstić information content (AvgIpc) is 2.58. The molecule has 0 amide bonds. The minimum absolute atomic E-state index is 0.428. The second kappa shape index (κ2) is 7.64. The second-order valence-corrected chi connectivity index (χ2v) is 6.48. The number of piperazine rings is 1. The molecule has 22 heavy (non-hydrogen) atoms. The van der Waals surface area contributed by atoms with Crippen LogP contribution < -0.4 is 10.1 Å². The van der Waals surface area contributed by atoms with E-state index in [1.54, 1.807) is 7.11 Å². The molecule has 4 nitrogen and oxygen atoms in total. The van der Waals surface area contributed by atoms with E-state index in [0.29, 0.717) is 17.0 Å². The van der Waals surface area contributed by atoms with Gasteiger partial charge in [0.05, 0.1) is 12.1 Å². The molecule has 5 heteroatoms. The number of methoxy groups -OCH3 is 1. The highest BCUT2D eigenvalue weighted by Gasteiger charge is 2.31. The Balaban J connectivity index is 1.89. The normalized spacial score (nSPS) is 22.5. The van der Waals surface area contributed by atoms with Crippen molar-refractivity contribution in [1.29, 1.82) is 0 Å². The molecule has 1 N–H and O–H groups in total. The number of hydrogen-bond donors (Lipinski definition) is 1. The van der Waals surface area contributed by atoms with Crippen molar-refractivity contribution in [3.63, 3.8) is 0 Å². The van der Waals surface area contributed by atoms with E-state index < -0.39 is 0 Å². The Hall–Kier alpha value is -0.810. The summed E-state index contributed by atoms with van der Waals surface area (Å²) in [4.78, 5) is 2.61. The lowest BCUT2D eigenvalue weighted by Gasteiger charge is -2.41. The van der Waals surface area contributed by atoms with E-state index in [4.69, 9.17) is 21.1 Å². The van der Waals surface area contributed by atoms with Crippen molar-refractivity contribution >= 4 is 11.6 Å². The highest BCUT2D eigenvalue weighted by molar-refractivity contribution is 6.32.